The normalized spacial score (nSPS) is 13.8. The van der Waals surface area contributed by atoms with Gasteiger partial charge in [0, 0.05) is 12.5 Å². The third kappa shape index (κ3) is 4.73. The summed E-state index contributed by atoms with van der Waals surface area (Å²) in [7, 11) is 0. The van der Waals surface area contributed by atoms with Crippen molar-refractivity contribution in [2.24, 2.45) is 0 Å². The number of rotatable bonds is 8. The second-order valence-electron chi connectivity index (χ2n) is 5.03. The molecular formula is C15H18FNO4. The standard InChI is InChI=1S/C15H18FNO4/c16-12-4-1-2-5-13(12)21-9-3-6-14(18)17(10-15(19)20)11-7-8-11/h1-2,4-5,11H,3,6-10H2,(H,19,20). The molecule has 21 heavy (non-hydrogen) atoms. The highest BCUT2D eigenvalue weighted by Gasteiger charge is 2.33. The number of para-hydroxylation sites is 1. The maximum Gasteiger partial charge on any atom is 0.323 e. The van der Waals surface area contributed by atoms with E-state index >= 15 is 0 Å². The SMILES string of the molecule is O=C(O)CN(C(=O)CCCOc1ccccc1F)C1CC1. The van der Waals surface area contributed by atoms with E-state index in [1.165, 1.54) is 17.0 Å². The van der Waals surface area contributed by atoms with E-state index in [1.54, 1.807) is 12.1 Å². The van der Waals surface area contributed by atoms with Gasteiger partial charge in [-0.25, -0.2) is 4.39 Å². The number of carboxylic acids is 1. The maximum atomic E-state index is 13.3. The Hall–Kier alpha value is -2.11. The van der Waals surface area contributed by atoms with Gasteiger partial charge in [0.25, 0.3) is 0 Å². The Labute approximate surface area is 122 Å². The summed E-state index contributed by atoms with van der Waals surface area (Å²) in [4.78, 5) is 24.1. The summed E-state index contributed by atoms with van der Waals surface area (Å²) in [5, 5.41) is 8.80. The zero-order valence-electron chi connectivity index (χ0n) is 11.6. The van der Waals surface area contributed by atoms with Crippen molar-refractivity contribution >= 4 is 11.9 Å². The van der Waals surface area contributed by atoms with Crippen molar-refractivity contribution in [1.82, 2.24) is 4.90 Å². The van der Waals surface area contributed by atoms with Crippen molar-refractivity contribution in [3.63, 3.8) is 0 Å². The molecule has 1 aromatic carbocycles. The molecule has 1 aliphatic carbocycles. The first-order valence-corrected chi connectivity index (χ1v) is 6.96. The van der Waals surface area contributed by atoms with Crippen LogP contribution in [-0.4, -0.2) is 41.1 Å². The van der Waals surface area contributed by atoms with Crippen molar-refractivity contribution in [2.75, 3.05) is 13.2 Å². The summed E-state index contributed by atoms with van der Waals surface area (Å²) in [5.41, 5.74) is 0. The van der Waals surface area contributed by atoms with Crippen LogP contribution in [0.15, 0.2) is 24.3 Å². The summed E-state index contributed by atoms with van der Waals surface area (Å²) < 4.78 is 18.6. The number of amides is 1. The molecule has 1 aromatic rings. The molecule has 2 rings (SSSR count). The van der Waals surface area contributed by atoms with Gasteiger partial charge in [-0.2, -0.15) is 0 Å². The first-order chi connectivity index (χ1) is 10.1. The van der Waals surface area contributed by atoms with Crippen LogP contribution in [0.25, 0.3) is 0 Å². The molecule has 1 amide bonds. The first-order valence-electron chi connectivity index (χ1n) is 6.96. The number of carboxylic acid groups (broad SMARTS) is 1. The van der Waals surface area contributed by atoms with Crippen LogP contribution < -0.4 is 4.74 Å². The van der Waals surface area contributed by atoms with Gasteiger partial charge in [0.15, 0.2) is 11.6 Å². The smallest absolute Gasteiger partial charge is 0.323 e. The van der Waals surface area contributed by atoms with Crippen LogP contribution in [0.2, 0.25) is 0 Å². The van der Waals surface area contributed by atoms with Crippen LogP contribution >= 0.6 is 0 Å². The van der Waals surface area contributed by atoms with E-state index in [-0.39, 0.29) is 37.3 Å². The van der Waals surface area contributed by atoms with Gasteiger partial charge in [0.1, 0.15) is 6.54 Å². The molecule has 0 spiro atoms. The third-order valence-electron chi connectivity index (χ3n) is 3.24. The van der Waals surface area contributed by atoms with Gasteiger partial charge in [-0.15, -0.1) is 0 Å². The van der Waals surface area contributed by atoms with Crippen LogP contribution in [0, 0.1) is 5.82 Å². The van der Waals surface area contributed by atoms with Gasteiger partial charge in [0.05, 0.1) is 6.61 Å². The van der Waals surface area contributed by atoms with Gasteiger partial charge in [-0.05, 0) is 31.4 Å². The van der Waals surface area contributed by atoms with Gasteiger partial charge in [-0.3, -0.25) is 9.59 Å². The molecule has 0 aromatic heterocycles. The molecule has 0 aliphatic heterocycles. The molecule has 0 radical (unpaired) electrons. The number of aliphatic carboxylic acids is 1. The first kappa shape index (κ1) is 15.3. The van der Waals surface area contributed by atoms with E-state index in [9.17, 15) is 14.0 Å². The van der Waals surface area contributed by atoms with E-state index in [2.05, 4.69) is 0 Å². The fraction of sp³-hybridized carbons (Fsp3) is 0.467. The predicted molar refractivity (Wildman–Crippen MR) is 73.5 cm³/mol. The summed E-state index contributed by atoms with van der Waals surface area (Å²) in [6.45, 7) is -0.0318. The molecule has 0 atom stereocenters. The highest BCUT2D eigenvalue weighted by Crippen LogP contribution is 2.27. The molecule has 6 heteroatoms. The van der Waals surface area contributed by atoms with E-state index in [0.717, 1.165) is 12.8 Å². The average Bonchev–Trinajstić information content (AvgIpc) is 3.27. The van der Waals surface area contributed by atoms with Crippen LogP contribution in [0.4, 0.5) is 4.39 Å². The van der Waals surface area contributed by atoms with E-state index in [4.69, 9.17) is 9.84 Å². The fourth-order valence-corrected chi connectivity index (χ4v) is 2.06. The minimum absolute atomic E-state index is 0.0705. The number of ether oxygens (including phenoxy) is 1. The number of hydrogen-bond acceptors (Lipinski definition) is 3. The molecule has 0 saturated heterocycles. The molecule has 114 valence electrons. The molecule has 1 saturated carbocycles. The molecule has 0 bridgehead atoms. The highest BCUT2D eigenvalue weighted by atomic mass is 19.1. The monoisotopic (exact) mass is 295 g/mol. The second kappa shape index (κ2) is 7.06. The number of hydrogen-bond donors (Lipinski definition) is 1. The molecule has 1 N–H and O–H groups in total. The molecule has 0 unspecified atom stereocenters. The van der Waals surface area contributed by atoms with Crippen LogP contribution in [0.5, 0.6) is 5.75 Å². The van der Waals surface area contributed by atoms with Crippen LogP contribution in [-0.2, 0) is 9.59 Å². The van der Waals surface area contributed by atoms with Crippen molar-refractivity contribution in [2.45, 2.75) is 31.7 Å². The number of carbonyl (C=O) groups excluding carboxylic acids is 1. The molecule has 0 heterocycles. The zero-order chi connectivity index (χ0) is 15.2. The lowest BCUT2D eigenvalue weighted by molar-refractivity contribution is -0.145. The maximum absolute atomic E-state index is 13.3. The quantitative estimate of drug-likeness (QED) is 0.745. The number of nitrogens with zero attached hydrogens (tertiary/aromatic N) is 1. The number of carbonyl (C=O) groups is 2. The second-order valence-corrected chi connectivity index (χ2v) is 5.03. The Morgan fingerprint density at radius 2 is 2.05 bits per heavy atom. The zero-order valence-corrected chi connectivity index (χ0v) is 11.6. The number of halogens is 1. The summed E-state index contributed by atoms with van der Waals surface area (Å²) in [6.07, 6.45) is 2.36. The van der Waals surface area contributed by atoms with Gasteiger partial charge < -0.3 is 14.7 Å². The largest absolute Gasteiger partial charge is 0.491 e. The Balaban J connectivity index is 1.73. The van der Waals surface area contributed by atoms with E-state index < -0.39 is 11.8 Å². The van der Waals surface area contributed by atoms with Crippen LogP contribution in [0.1, 0.15) is 25.7 Å². The van der Waals surface area contributed by atoms with Gasteiger partial charge in [0.2, 0.25) is 5.91 Å². The number of benzene rings is 1. The van der Waals surface area contributed by atoms with Crippen molar-refractivity contribution in [3.8, 4) is 5.75 Å². The summed E-state index contributed by atoms with van der Waals surface area (Å²) in [5.74, 6) is -1.46. The van der Waals surface area contributed by atoms with Crippen molar-refractivity contribution in [3.05, 3.63) is 30.1 Å². The molecule has 1 aliphatic rings. The molecule has 5 nitrogen and oxygen atoms in total. The van der Waals surface area contributed by atoms with Gasteiger partial charge in [-0.1, -0.05) is 12.1 Å². The lowest BCUT2D eigenvalue weighted by Gasteiger charge is -2.20. The summed E-state index contributed by atoms with van der Waals surface area (Å²) in [6, 6.07) is 6.15. The third-order valence-corrected chi connectivity index (χ3v) is 3.24. The Morgan fingerprint density at radius 1 is 1.33 bits per heavy atom. The highest BCUT2D eigenvalue weighted by molar-refractivity contribution is 5.81. The average molecular weight is 295 g/mol. The Morgan fingerprint density at radius 3 is 2.67 bits per heavy atom. The lowest BCUT2D eigenvalue weighted by atomic mass is 10.2. The lowest BCUT2D eigenvalue weighted by Crippen LogP contribution is -2.37. The molecular weight excluding hydrogens is 277 g/mol. The van der Waals surface area contributed by atoms with E-state index in [1.807, 2.05) is 0 Å². The fourth-order valence-electron chi connectivity index (χ4n) is 2.06. The van der Waals surface area contributed by atoms with Crippen LogP contribution in [0.3, 0.4) is 0 Å². The summed E-state index contributed by atoms with van der Waals surface area (Å²) >= 11 is 0. The minimum Gasteiger partial charge on any atom is -0.491 e. The minimum atomic E-state index is -1.00. The Kier molecular flexibility index (Phi) is 5.14. The Bertz CT molecular complexity index is 516. The van der Waals surface area contributed by atoms with E-state index in [0.29, 0.717) is 6.42 Å². The topological polar surface area (TPSA) is 66.8 Å². The van der Waals surface area contributed by atoms with Crippen molar-refractivity contribution < 1.29 is 23.8 Å². The molecule has 1 fully saturated rings. The van der Waals surface area contributed by atoms with Crippen molar-refractivity contribution in [1.29, 1.82) is 0 Å². The van der Waals surface area contributed by atoms with Gasteiger partial charge >= 0.3 is 5.97 Å². The predicted octanol–water partition coefficient (Wildman–Crippen LogP) is 2.06.